The molecule has 0 saturated carbocycles. The molecule has 0 bridgehead atoms. The van der Waals surface area contributed by atoms with Crippen molar-refractivity contribution in [2.24, 2.45) is 0 Å². The third kappa shape index (κ3) is 3.88. The normalized spacial score (nSPS) is 11.9. The van der Waals surface area contributed by atoms with Crippen molar-refractivity contribution in [3.05, 3.63) is 24.0 Å². The lowest BCUT2D eigenvalue weighted by atomic mass is 10.2. The van der Waals surface area contributed by atoms with Crippen LogP contribution in [0.25, 0.3) is 0 Å². The Morgan fingerprint density at radius 2 is 2.31 bits per heavy atom. The summed E-state index contributed by atoms with van der Waals surface area (Å²) in [5.41, 5.74) is 1.86. The van der Waals surface area contributed by atoms with E-state index in [1.54, 1.807) is 6.20 Å². The highest BCUT2D eigenvalue weighted by Crippen LogP contribution is 2.08. The van der Waals surface area contributed by atoms with Crippen LogP contribution in [0.1, 0.15) is 26.0 Å². The Balaban J connectivity index is 2.50. The maximum atomic E-state index is 11.6. The number of hydrogen-bond donors (Lipinski definition) is 2. The average Bonchev–Trinajstić information content (AvgIpc) is 2.25. The lowest BCUT2D eigenvalue weighted by molar-refractivity contribution is -0.121. The molecule has 1 rings (SSSR count). The molecule has 0 fully saturated rings. The number of carbonyl (C=O) groups is 1. The van der Waals surface area contributed by atoms with Gasteiger partial charge in [0.15, 0.2) is 0 Å². The molecule has 0 aromatic carbocycles. The zero-order chi connectivity index (χ0) is 12.0. The second-order valence-electron chi connectivity index (χ2n) is 3.84. The van der Waals surface area contributed by atoms with E-state index < -0.39 is 0 Å². The summed E-state index contributed by atoms with van der Waals surface area (Å²) in [6, 6.07) is 3.55. The Morgan fingerprint density at radius 1 is 1.56 bits per heavy atom. The number of nitrogens with one attached hydrogen (secondary N) is 2. The lowest BCUT2D eigenvalue weighted by Gasteiger charge is -2.15. The standard InChI is InChI=1S/C12H19N3O/c1-4-6-14-12(16)10(3)15-11-5-7-13-9(2)8-11/h5,7-8,10H,4,6H2,1-3H3,(H,13,15)(H,14,16). The van der Waals surface area contributed by atoms with Gasteiger partial charge in [0, 0.05) is 24.1 Å². The smallest absolute Gasteiger partial charge is 0.242 e. The van der Waals surface area contributed by atoms with Crippen molar-refractivity contribution in [3.8, 4) is 0 Å². The predicted octanol–water partition coefficient (Wildman–Crippen LogP) is 1.72. The molecular formula is C12H19N3O. The molecule has 2 N–H and O–H groups in total. The Labute approximate surface area is 96.5 Å². The van der Waals surface area contributed by atoms with Gasteiger partial charge in [-0.15, -0.1) is 0 Å². The van der Waals surface area contributed by atoms with E-state index in [0.29, 0.717) is 0 Å². The van der Waals surface area contributed by atoms with Crippen LogP contribution in [-0.4, -0.2) is 23.5 Å². The maximum absolute atomic E-state index is 11.6. The van der Waals surface area contributed by atoms with Crippen molar-refractivity contribution in [2.75, 3.05) is 11.9 Å². The largest absolute Gasteiger partial charge is 0.374 e. The number of pyridine rings is 1. The Bertz CT molecular complexity index is 352. The van der Waals surface area contributed by atoms with E-state index in [1.807, 2.05) is 32.9 Å². The minimum Gasteiger partial charge on any atom is -0.374 e. The molecule has 0 aliphatic rings. The lowest BCUT2D eigenvalue weighted by Crippen LogP contribution is -2.37. The van der Waals surface area contributed by atoms with Crippen LogP contribution >= 0.6 is 0 Å². The third-order valence-corrected chi connectivity index (χ3v) is 2.22. The Morgan fingerprint density at radius 3 is 2.94 bits per heavy atom. The summed E-state index contributed by atoms with van der Waals surface area (Å²) in [4.78, 5) is 15.7. The fourth-order valence-corrected chi connectivity index (χ4v) is 1.35. The molecule has 4 heteroatoms. The monoisotopic (exact) mass is 221 g/mol. The minimum absolute atomic E-state index is 0.0244. The number of aromatic nitrogens is 1. The van der Waals surface area contributed by atoms with E-state index >= 15 is 0 Å². The molecule has 0 aliphatic heterocycles. The number of aryl methyl sites for hydroxylation is 1. The van der Waals surface area contributed by atoms with Crippen LogP contribution in [0, 0.1) is 6.92 Å². The molecule has 16 heavy (non-hydrogen) atoms. The molecule has 1 amide bonds. The number of nitrogens with zero attached hydrogens (tertiary/aromatic N) is 1. The van der Waals surface area contributed by atoms with Gasteiger partial charge >= 0.3 is 0 Å². The minimum atomic E-state index is -0.228. The molecule has 4 nitrogen and oxygen atoms in total. The molecule has 0 radical (unpaired) electrons. The molecule has 0 saturated heterocycles. The summed E-state index contributed by atoms with van der Waals surface area (Å²) < 4.78 is 0. The van der Waals surface area contributed by atoms with Gasteiger partial charge in [-0.25, -0.2) is 0 Å². The van der Waals surface area contributed by atoms with Gasteiger partial charge in [-0.05, 0) is 32.4 Å². The summed E-state index contributed by atoms with van der Waals surface area (Å²) >= 11 is 0. The van der Waals surface area contributed by atoms with Crippen molar-refractivity contribution in [3.63, 3.8) is 0 Å². The zero-order valence-electron chi connectivity index (χ0n) is 10.1. The van der Waals surface area contributed by atoms with E-state index in [2.05, 4.69) is 15.6 Å². The molecule has 1 atom stereocenters. The fourth-order valence-electron chi connectivity index (χ4n) is 1.35. The van der Waals surface area contributed by atoms with Gasteiger partial charge in [0.2, 0.25) is 5.91 Å². The van der Waals surface area contributed by atoms with E-state index in [-0.39, 0.29) is 11.9 Å². The van der Waals surface area contributed by atoms with Gasteiger partial charge in [0.1, 0.15) is 6.04 Å². The Kier molecular flexibility index (Phi) is 4.76. The van der Waals surface area contributed by atoms with Crippen LogP contribution in [0.2, 0.25) is 0 Å². The van der Waals surface area contributed by atoms with Crippen molar-refractivity contribution in [1.29, 1.82) is 0 Å². The molecule has 1 unspecified atom stereocenters. The van der Waals surface area contributed by atoms with Crippen molar-refractivity contribution in [2.45, 2.75) is 33.2 Å². The van der Waals surface area contributed by atoms with Gasteiger partial charge < -0.3 is 10.6 Å². The first-order valence-electron chi connectivity index (χ1n) is 5.60. The highest BCUT2D eigenvalue weighted by atomic mass is 16.2. The molecule has 1 aromatic rings. The zero-order valence-corrected chi connectivity index (χ0v) is 10.1. The number of hydrogen-bond acceptors (Lipinski definition) is 3. The van der Waals surface area contributed by atoms with Crippen LogP contribution in [0.4, 0.5) is 5.69 Å². The SMILES string of the molecule is CCCNC(=O)C(C)Nc1ccnc(C)c1. The maximum Gasteiger partial charge on any atom is 0.242 e. The van der Waals surface area contributed by atoms with Crippen LogP contribution in [0.15, 0.2) is 18.3 Å². The van der Waals surface area contributed by atoms with Gasteiger partial charge in [0.05, 0.1) is 0 Å². The predicted molar refractivity (Wildman–Crippen MR) is 65.4 cm³/mol. The molecule has 1 aromatic heterocycles. The second-order valence-corrected chi connectivity index (χ2v) is 3.84. The second kappa shape index (κ2) is 6.10. The van der Waals surface area contributed by atoms with E-state index in [4.69, 9.17) is 0 Å². The van der Waals surface area contributed by atoms with Crippen molar-refractivity contribution >= 4 is 11.6 Å². The first-order chi connectivity index (χ1) is 7.63. The van der Waals surface area contributed by atoms with Gasteiger partial charge in [-0.3, -0.25) is 9.78 Å². The summed E-state index contributed by atoms with van der Waals surface area (Å²) in [6.07, 6.45) is 2.68. The quantitative estimate of drug-likeness (QED) is 0.796. The van der Waals surface area contributed by atoms with Crippen LogP contribution in [0.3, 0.4) is 0 Å². The van der Waals surface area contributed by atoms with E-state index in [1.165, 1.54) is 0 Å². The summed E-state index contributed by atoms with van der Waals surface area (Å²) in [7, 11) is 0. The number of anilines is 1. The van der Waals surface area contributed by atoms with Crippen LogP contribution < -0.4 is 10.6 Å². The molecule has 88 valence electrons. The summed E-state index contributed by atoms with van der Waals surface area (Å²) in [5.74, 6) is 0.0244. The van der Waals surface area contributed by atoms with E-state index in [9.17, 15) is 4.79 Å². The van der Waals surface area contributed by atoms with Gasteiger partial charge in [0.25, 0.3) is 0 Å². The number of rotatable bonds is 5. The first-order valence-corrected chi connectivity index (χ1v) is 5.60. The summed E-state index contributed by atoms with van der Waals surface area (Å²) in [6.45, 7) is 6.53. The van der Waals surface area contributed by atoms with Crippen molar-refractivity contribution < 1.29 is 4.79 Å². The highest BCUT2D eigenvalue weighted by molar-refractivity contribution is 5.84. The van der Waals surface area contributed by atoms with Crippen LogP contribution in [-0.2, 0) is 4.79 Å². The molecule has 1 heterocycles. The topological polar surface area (TPSA) is 54.0 Å². The number of amides is 1. The summed E-state index contributed by atoms with van der Waals surface area (Å²) in [5, 5.41) is 5.99. The Hall–Kier alpha value is -1.58. The van der Waals surface area contributed by atoms with Gasteiger partial charge in [-0.2, -0.15) is 0 Å². The molecular weight excluding hydrogens is 202 g/mol. The van der Waals surface area contributed by atoms with Crippen LogP contribution in [0.5, 0.6) is 0 Å². The highest BCUT2D eigenvalue weighted by Gasteiger charge is 2.11. The average molecular weight is 221 g/mol. The third-order valence-electron chi connectivity index (χ3n) is 2.22. The van der Waals surface area contributed by atoms with Gasteiger partial charge in [-0.1, -0.05) is 6.92 Å². The molecule has 0 aliphatic carbocycles. The van der Waals surface area contributed by atoms with Crippen molar-refractivity contribution in [1.82, 2.24) is 10.3 Å². The fraction of sp³-hybridized carbons (Fsp3) is 0.500. The molecule has 0 spiro atoms. The van der Waals surface area contributed by atoms with E-state index in [0.717, 1.165) is 24.3 Å². The first kappa shape index (κ1) is 12.5. The number of carbonyl (C=O) groups excluding carboxylic acids is 1.